The number of β-lactam (4-membered cyclic amide) rings is 1. The molecule has 1 aromatic rings. The number of rotatable bonds is 9. The summed E-state index contributed by atoms with van der Waals surface area (Å²) in [6.45, 7) is 2.54. The van der Waals surface area contributed by atoms with Crippen molar-refractivity contribution in [3.8, 4) is 0 Å². The van der Waals surface area contributed by atoms with Gasteiger partial charge in [0.1, 0.15) is 0 Å². The zero-order valence-corrected chi connectivity index (χ0v) is 14.2. The van der Waals surface area contributed by atoms with Crippen LogP contribution in [-0.2, 0) is 19.4 Å². The monoisotopic (exact) mass is 337 g/mol. The van der Waals surface area contributed by atoms with Crippen molar-refractivity contribution in [2.45, 2.75) is 37.9 Å². The van der Waals surface area contributed by atoms with Gasteiger partial charge < -0.3 is 4.90 Å². The van der Waals surface area contributed by atoms with Gasteiger partial charge in [-0.2, -0.15) is 0 Å². The van der Waals surface area contributed by atoms with Gasteiger partial charge in [-0.1, -0.05) is 43.7 Å². The number of hydrogen-bond acceptors (Lipinski definition) is 4. The Balaban J connectivity index is 2.13. The highest BCUT2D eigenvalue weighted by atomic mass is 32.2. The van der Waals surface area contributed by atoms with Gasteiger partial charge in [0.05, 0.1) is 17.5 Å². The SMILES string of the molecule is CCCCS(=O)(=O)C(CC(=O)CN1CCC1=O)c1ccccc1. The van der Waals surface area contributed by atoms with E-state index in [1.54, 1.807) is 24.3 Å². The molecule has 0 aromatic heterocycles. The van der Waals surface area contributed by atoms with E-state index in [-0.39, 0.29) is 30.4 Å². The van der Waals surface area contributed by atoms with E-state index in [9.17, 15) is 18.0 Å². The molecule has 6 heteroatoms. The Bertz CT molecular complexity index is 654. The average Bonchev–Trinajstić information content (AvgIpc) is 2.55. The van der Waals surface area contributed by atoms with Crippen LogP contribution in [0.25, 0.3) is 0 Å². The topological polar surface area (TPSA) is 71.5 Å². The van der Waals surface area contributed by atoms with E-state index in [2.05, 4.69) is 0 Å². The summed E-state index contributed by atoms with van der Waals surface area (Å²) in [7, 11) is -3.39. The molecular weight excluding hydrogens is 314 g/mol. The maximum Gasteiger partial charge on any atom is 0.224 e. The second-order valence-corrected chi connectivity index (χ2v) is 8.23. The molecule has 2 rings (SSSR count). The van der Waals surface area contributed by atoms with Crippen molar-refractivity contribution in [3.63, 3.8) is 0 Å². The molecule has 126 valence electrons. The van der Waals surface area contributed by atoms with Crippen molar-refractivity contribution in [2.75, 3.05) is 18.8 Å². The van der Waals surface area contributed by atoms with Crippen LogP contribution in [0.1, 0.15) is 43.4 Å². The van der Waals surface area contributed by atoms with Gasteiger partial charge in [-0.05, 0) is 12.0 Å². The molecule has 0 bridgehead atoms. The first-order chi connectivity index (χ1) is 10.9. The molecule has 1 amide bonds. The number of nitrogens with zero attached hydrogens (tertiary/aromatic N) is 1. The Labute approximate surface area is 137 Å². The summed E-state index contributed by atoms with van der Waals surface area (Å²) in [6.07, 6.45) is 1.78. The van der Waals surface area contributed by atoms with Crippen LogP contribution in [0.15, 0.2) is 30.3 Å². The standard InChI is InChI=1S/C17H23NO4S/c1-2-3-11-23(21,22)16(14-7-5-4-6-8-14)12-15(19)13-18-10-9-17(18)20/h4-8,16H,2-3,9-13H2,1H3. The van der Waals surface area contributed by atoms with E-state index in [4.69, 9.17) is 0 Å². The second kappa shape index (κ2) is 7.73. The predicted molar refractivity (Wildman–Crippen MR) is 88.7 cm³/mol. The molecule has 1 heterocycles. The summed E-state index contributed by atoms with van der Waals surface area (Å²) >= 11 is 0. The van der Waals surface area contributed by atoms with Crippen LogP contribution >= 0.6 is 0 Å². The van der Waals surface area contributed by atoms with Crippen LogP contribution in [-0.4, -0.2) is 43.9 Å². The number of unbranched alkanes of at least 4 members (excludes halogenated alkanes) is 1. The number of Topliss-reactive ketones (excluding diaryl/α,β-unsaturated/α-hetero) is 1. The summed E-state index contributed by atoms with van der Waals surface area (Å²) in [5.74, 6) is -0.158. The molecule has 1 aliphatic rings. The van der Waals surface area contributed by atoms with Crippen LogP contribution in [0, 0.1) is 0 Å². The Morgan fingerprint density at radius 1 is 1.26 bits per heavy atom. The number of hydrogen-bond donors (Lipinski definition) is 0. The minimum atomic E-state index is -3.39. The van der Waals surface area contributed by atoms with Crippen molar-refractivity contribution in [1.82, 2.24) is 4.90 Å². The Morgan fingerprint density at radius 3 is 2.48 bits per heavy atom. The third-order valence-corrected chi connectivity index (χ3v) is 6.28. The minimum Gasteiger partial charge on any atom is -0.335 e. The lowest BCUT2D eigenvalue weighted by Gasteiger charge is -2.30. The highest BCUT2D eigenvalue weighted by molar-refractivity contribution is 7.91. The van der Waals surface area contributed by atoms with Crippen molar-refractivity contribution in [2.24, 2.45) is 0 Å². The van der Waals surface area contributed by atoms with Crippen molar-refractivity contribution < 1.29 is 18.0 Å². The lowest BCUT2D eigenvalue weighted by Crippen LogP contribution is -2.46. The lowest BCUT2D eigenvalue weighted by molar-refractivity contribution is -0.143. The summed E-state index contributed by atoms with van der Waals surface area (Å²) in [5.41, 5.74) is 0.645. The molecular formula is C17H23NO4S. The third kappa shape index (κ3) is 4.64. The minimum absolute atomic E-state index is 0.0193. The quantitative estimate of drug-likeness (QED) is 0.647. The van der Waals surface area contributed by atoms with Crippen molar-refractivity contribution in [3.05, 3.63) is 35.9 Å². The first-order valence-electron chi connectivity index (χ1n) is 8.00. The van der Waals surface area contributed by atoms with E-state index >= 15 is 0 Å². The van der Waals surface area contributed by atoms with Gasteiger partial charge in [0.25, 0.3) is 0 Å². The van der Waals surface area contributed by atoms with Gasteiger partial charge in [0.15, 0.2) is 15.6 Å². The molecule has 1 atom stereocenters. The van der Waals surface area contributed by atoms with Crippen LogP contribution in [0.3, 0.4) is 0 Å². The first-order valence-corrected chi connectivity index (χ1v) is 9.71. The fourth-order valence-corrected chi connectivity index (χ4v) is 4.61. The van der Waals surface area contributed by atoms with Crippen LogP contribution in [0.5, 0.6) is 0 Å². The number of likely N-dealkylation sites (tertiary alicyclic amines) is 1. The predicted octanol–water partition coefficient (Wildman–Crippen LogP) is 2.13. The Hall–Kier alpha value is -1.69. The van der Waals surface area contributed by atoms with Crippen molar-refractivity contribution in [1.29, 1.82) is 0 Å². The van der Waals surface area contributed by atoms with E-state index < -0.39 is 15.1 Å². The maximum atomic E-state index is 12.6. The highest BCUT2D eigenvalue weighted by Crippen LogP contribution is 2.28. The van der Waals surface area contributed by atoms with E-state index in [1.165, 1.54) is 4.90 Å². The molecule has 1 unspecified atom stereocenters. The molecule has 1 saturated heterocycles. The van der Waals surface area contributed by atoms with Gasteiger partial charge in [0.2, 0.25) is 5.91 Å². The molecule has 1 aliphatic heterocycles. The fourth-order valence-electron chi connectivity index (χ4n) is 2.62. The fraction of sp³-hybridized carbons (Fsp3) is 0.529. The second-order valence-electron chi connectivity index (χ2n) is 5.93. The van der Waals surface area contributed by atoms with Crippen LogP contribution in [0.2, 0.25) is 0 Å². The molecule has 0 radical (unpaired) electrons. The van der Waals surface area contributed by atoms with Gasteiger partial charge in [0, 0.05) is 19.4 Å². The molecule has 0 aliphatic carbocycles. The Morgan fingerprint density at radius 2 is 1.96 bits per heavy atom. The molecule has 0 saturated carbocycles. The normalized spacial score (nSPS) is 16.0. The molecule has 0 N–H and O–H groups in total. The van der Waals surface area contributed by atoms with Crippen molar-refractivity contribution >= 4 is 21.5 Å². The number of ketones is 1. The molecule has 1 aromatic carbocycles. The van der Waals surface area contributed by atoms with Gasteiger partial charge >= 0.3 is 0 Å². The third-order valence-electron chi connectivity index (χ3n) is 4.12. The number of sulfone groups is 1. The summed E-state index contributed by atoms with van der Waals surface area (Å²) in [6, 6.07) is 8.87. The number of carbonyl (C=O) groups is 2. The zero-order chi connectivity index (χ0) is 16.9. The Kier molecular flexibility index (Phi) is 5.93. The van der Waals surface area contributed by atoms with Crippen LogP contribution in [0.4, 0.5) is 0 Å². The summed E-state index contributed by atoms with van der Waals surface area (Å²) in [4.78, 5) is 25.0. The number of carbonyl (C=O) groups excluding carboxylic acids is 2. The molecule has 23 heavy (non-hydrogen) atoms. The maximum absolute atomic E-state index is 12.6. The molecule has 1 fully saturated rings. The van der Waals surface area contributed by atoms with E-state index in [0.717, 1.165) is 6.42 Å². The summed E-state index contributed by atoms with van der Waals surface area (Å²) < 4.78 is 25.3. The van der Waals surface area contributed by atoms with E-state index in [1.807, 2.05) is 13.0 Å². The first kappa shape index (κ1) is 17.7. The van der Waals surface area contributed by atoms with Gasteiger partial charge in [-0.3, -0.25) is 9.59 Å². The molecule has 5 nitrogen and oxygen atoms in total. The highest BCUT2D eigenvalue weighted by Gasteiger charge is 2.31. The smallest absolute Gasteiger partial charge is 0.224 e. The van der Waals surface area contributed by atoms with Gasteiger partial charge in [-0.25, -0.2) is 8.42 Å². The largest absolute Gasteiger partial charge is 0.335 e. The lowest BCUT2D eigenvalue weighted by atomic mass is 10.1. The zero-order valence-electron chi connectivity index (χ0n) is 13.4. The molecule has 0 spiro atoms. The summed E-state index contributed by atoms with van der Waals surface area (Å²) in [5, 5.41) is -0.820. The number of benzene rings is 1. The van der Waals surface area contributed by atoms with Crippen LogP contribution < -0.4 is 0 Å². The number of amides is 1. The van der Waals surface area contributed by atoms with E-state index in [0.29, 0.717) is 24.9 Å². The van der Waals surface area contributed by atoms with Gasteiger partial charge in [-0.15, -0.1) is 0 Å². The average molecular weight is 337 g/mol.